The van der Waals surface area contributed by atoms with Crippen molar-refractivity contribution in [1.29, 1.82) is 0 Å². The highest BCUT2D eigenvalue weighted by Crippen LogP contribution is 2.29. The summed E-state index contributed by atoms with van der Waals surface area (Å²) in [6, 6.07) is 0. The number of nitrogens with zero attached hydrogens (tertiary/aromatic N) is 1. The Morgan fingerprint density at radius 2 is 2.58 bits per heavy atom. The van der Waals surface area contributed by atoms with E-state index in [1.165, 1.54) is 4.88 Å². The number of ether oxygens (including phenoxy) is 1. The van der Waals surface area contributed by atoms with Gasteiger partial charge in [0.1, 0.15) is 6.10 Å². The zero-order valence-corrected chi connectivity index (χ0v) is 7.86. The molecule has 0 aromatic carbocycles. The van der Waals surface area contributed by atoms with Crippen LogP contribution >= 0.6 is 11.3 Å². The van der Waals surface area contributed by atoms with Crippen molar-refractivity contribution in [2.75, 3.05) is 13.2 Å². The highest BCUT2D eigenvalue weighted by Gasteiger charge is 2.23. The molecule has 0 spiro atoms. The van der Waals surface area contributed by atoms with E-state index in [0.717, 1.165) is 23.7 Å². The number of aryl methyl sites for hydroxylation is 1. The number of rotatable bonds is 1. The molecule has 2 N–H and O–H groups in total. The predicted molar refractivity (Wildman–Crippen MR) is 48.3 cm³/mol. The molecule has 2 rings (SSSR count). The largest absolute Gasteiger partial charge is 0.370 e. The minimum absolute atomic E-state index is 0.0405. The van der Waals surface area contributed by atoms with Crippen LogP contribution in [0.5, 0.6) is 0 Å². The Labute approximate surface area is 75.6 Å². The van der Waals surface area contributed by atoms with Gasteiger partial charge in [-0.3, -0.25) is 0 Å². The first-order valence-corrected chi connectivity index (χ1v) is 4.91. The van der Waals surface area contributed by atoms with Crippen LogP contribution in [0.3, 0.4) is 0 Å². The molecule has 66 valence electrons. The second-order valence-corrected chi connectivity index (χ2v) is 4.17. The SMILES string of the molecule is Cc1nc2c(s1)CCOC2CN. The van der Waals surface area contributed by atoms with Gasteiger partial charge in [0, 0.05) is 17.8 Å². The van der Waals surface area contributed by atoms with Crippen molar-refractivity contribution >= 4 is 11.3 Å². The van der Waals surface area contributed by atoms with Crippen molar-refractivity contribution < 1.29 is 4.74 Å². The van der Waals surface area contributed by atoms with Gasteiger partial charge in [-0.25, -0.2) is 4.98 Å². The molecule has 0 aliphatic carbocycles. The van der Waals surface area contributed by atoms with E-state index >= 15 is 0 Å². The van der Waals surface area contributed by atoms with Crippen molar-refractivity contribution in [3.63, 3.8) is 0 Å². The number of hydrogen-bond acceptors (Lipinski definition) is 4. The molecule has 1 atom stereocenters. The number of nitrogens with two attached hydrogens (primary N) is 1. The van der Waals surface area contributed by atoms with Gasteiger partial charge in [-0.1, -0.05) is 0 Å². The van der Waals surface area contributed by atoms with Crippen LogP contribution < -0.4 is 5.73 Å². The van der Waals surface area contributed by atoms with E-state index in [2.05, 4.69) is 4.98 Å². The van der Waals surface area contributed by atoms with Crippen molar-refractivity contribution in [2.45, 2.75) is 19.4 Å². The van der Waals surface area contributed by atoms with Gasteiger partial charge in [-0.2, -0.15) is 0 Å². The molecular formula is C8H12N2OS. The third-order valence-corrected chi connectivity index (χ3v) is 3.05. The van der Waals surface area contributed by atoms with E-state index in [1.54, 1.807) is 11.3 Å². The highest BCUT2D eigenvalue weighted by atomic mass is 32.1. The molecular weight excluding hydrogens is 172 g/mol. The summed E-state index contributed by atoms with van der Waals surface area (Å²) in [4.78, 5) is 5.77. The quantitative estimate of drug-likeness (QED) is 0.709. The summed E-state index contributed by atoms with van der Waals surface area (Å²) in [5.41, 5.74) is 6.64. The van der Waals surface area contributed by atoms with Crippen molar-refractivity contribution in [3.8, 4) is 0 Å². The van der Waals surface area contributed by atoms with Gasteiger partial charge < -0.3 is 10.5 Å². The second-order valence-electron chi connectivity index (χ2n) is 2.89. The fourth-order valence-corrected chi connectivity index (χ4v) is 2.44. The molecule has 0 bridgehead atoms. The molecule has 1 unspecified atom stereocenters. The summed E-state index contributed by atoms with van der Waals surface area (Å²) < 4.78 is 5.49. The summed E-state index contributed by atoms with van der Waals surface area (Å²) in [5, 5.41) is 1.11. The minimum Gasteiger partial charge on any atom is -0.370 e. The van der Waals surface area contributed by atoms with E-state index in [-0.39, 0.29) is 6.10 Å². The Morgan fingerprint density at radius 3 is 3.33 bits per heavy atom. The lowest BCUT2D eigenvalue weighted by atomic mass is 10.1. The van der Waals surface area contributed by atoms with E-state index in [1.807, 2.05) is 6.92 Å². The minimum atomic E-state index is 0.0405. The first-order chi connectivity index (χ1) is 5.81. The Morgan fingerprint density at radius 1 is 1.75 bits per heavy atom. The summed E-state index contributed by atoms with van der Waals surface area (Å²) in [5.74, 6) is 0. The summed E-state index contributed by atoms with van der Waals surface area (Å²) >= 11 is 1.76. The van der Waals surface area contributed by atoms with Crippen LogP contribution in [0.4, 0.5) is 0 Å². The Bertz CT molecular complexity index is 285. The van der Waals surface area contributed by atoms with E-state index in [4.69, 9.17) is 10.5 Å². The predicted octanol–water partition coefficient (Wildman–Crippen LogP) is 1.02. The average molecular weight is 184 g/mol. The van der Waals surface area contributed by atoms with Crippen LogP contribution in [-0.4, -0.2) is 18.1 Å². The Balaban J connectivity index is 2.36. The molecule has 1 aromatic heterocycles. The van der Waals surface area contributed by atoms with Crippen molar-refractivity contribution in [1.82, 2.24) is 4.98 Å². The molecule has 0 saturated heterocycles. The molecule has 1 aliphatic heterocycles. The molecule has 2 heterocycles. The highest BCUT2D eigenvalue weighted by molar-refractivity contribution is 7.11. The first kappa shape index (κ1) is 8.16. The van der Waals surface area contributed by atoms with Crippen molar-refractivity contribution in [2.24, 2.45) is 5.73 Å². The molecule has 12 heavy (non-hydrogen) atoms. The van der Waals surface area contributed by atoms with E-state index < -0.39 is 0 Å². The van der Waals surface area contributed by atoms with Crippen LogP contribution in [0, 0.1) is 6.92 Å². The lowest BCUT2D eigenvalue weighted by Crippen LogP contribution is -2.22. The fourth-order valence-electron chi connectivity index (χ4n) is 1.47. The topological polar surface area (TPSA) is 48.1 Å². The smallest absolute Gasteiger partial charge is 0.113 e. The molecule has 1 aromatic rings. The molecule has 0 fully saturated rings. The van der Waals surface area contributed by atoms with Crippen molar-refractivity contribution in [3.05, 3.63) is 15.6 Å². The summed E-state index contributed by atoms with van der Waals surface area (Å²) in [6.07, 6.45) is 1.04. The average Bonchev–Trinajstić information content (AvgIpc) is 2.44. The lowest BCUT2D eigenvalue weighted by Gasteiger charge is -2.19. The van der Waals surface area contributed by atoms with Crippen LogP contribution in [0.25, 0.3) is 0 Å². The molecule has 0 radical (unpaired) electrons. The maximum atomic E-state index is 5.57. The second kappa shape index (κ2) is 3.12. The number of aromatic nitrogens is 1. The van der Waals surface area contributed by atoms with Gasteiger partial charge in [0.05, 0.1) is 17.3 Å². The van der Waals surface area contributed by atoms with E-state index in [9.17, 15) is 0 Å². The lowest BCUT2D eigenvalue weighted by molar-refractivity contribution is 0.0465. The Hall–Kier alpha value is -0.450. The van der Waals surface area contributed by atoms with E-state index in [0.29, 0.717) is 6.54 Å². The van der Waals surface area contributed by atoms with Crippen LogP contribution in [0.2, 0.25) is 0 Å². The normalized spacial score (nSPS) is 22.3. The maximum Gasteiger partial charge on any atom is 0.113 e. The molecule has 1 aliphatic rings. The van der Waals surface area contributed by atoms with Crippen LogP contribution in [0.15, 0.2) is 0 Å². The molecule has 4 heteroatoms. The van der Waals surface area contributed by atoms with Gasteiger partial charge in [0.25, 0.3) is 0 Å². The molecule has 0 saturated carbocycles. The fraction of sp³-hybridized carbons (Fsp3) is 0.625. The van der Waals surface area contributed by atoms with Gasteiger partial charge in [0.15, 0.2) is 0 Å². The number of thiazole rings is 1. The molecule has 0 amide bonds. The zero-order chi connectivity index (χ0) is 8.55. The first-order valence-electron chi connectivity index (χ1n) is 4.09. The monoisotopic (exact) mass is 184 g/mol. The summed E-state index contributed by atoms with van der Waals surface area (Å²) in [6.45, 7) is 3.35. The van der Waals surface area contributed by atoms with Crippen LogP contribution in [-0.2, 0) is 11.2 Å². The Kier molecular flexibility index (Phi) is 2.12. The standard InChI is InChI=1S/C8H12N2OS/c1-5-10-8-6(4-9)11-3-2-7(8)12-5/h6H,2-4,9H2,1H3. The number of fused-ring (bicyclic) bond motifs is 1. The number of hydrogen-bond donors (Lipinski definition) is 1. The maximum absolute atomic E-state index is 5.57. The third-order valence-electron chi connectivity index (χ3n) is 2.00. The molecule has 3 nitrogen and oxygen atoms in total. The van der Waals surface area contributed by atoms with Gasteiger partial charge >= 0.3 is 0 Å². The summed E-state index contributed by atoms with van der Waals surface area (Å²) in [7, 11) is 0. The van der Waals surface area contributed by atoms with Crippen LogP contribution in [0.1, 0.15) is 21.7 Å². The third kappa shape index (κ3) is 1.26. The van der Waals surface area contributed by atoms with Gasteiger partial charge in [-0.15, -0.1) is 11.3 Å². The van der Waals surface area contributed by atoms with Gasteiger partial charge in [-0.05, 0) is 6.92 Å². The van der Waals surface area contributed by atoms with Gasteiger partial charge in [0.2, 0.25) is 0 Å². The zero-order valence-electron chi connectivity index (χ0n) is 7.04.